The van der Waals surface area contributed by atoms with Gasteiger partial charge in [-0.15, -0.1) is 0 Å². The molecule has 1 fully saturated rings. The van der Waals surface area contributed by atoms with E-state index in [9.17, 15) is 8.42 Å². The van der Waals surface area contributed by atoms with Crippen molar-refractivity contribution in [1.82, 2.24) is 4.72 Å². The van der Waals surface area contributed by atoms with Gasteiger partial charge in [-0.1, -0.05) is 31.5 Å². The third-order valence-electron chi connectivity index (χ3n) is 4.72. The van der Waals surface area contributed by atoms with Gasteiger partial charge >= 0.3 is 0 Å². The van der Waals surface area contributed by atoms with Crippen molar-refractivity contribution in [3.63, 3.8) is 0 Å². The Bertz CT molecular complexity index is 628. The Morgan fingerprint density at radius 1 is 1.08 bits per heavy atom. The van der Waals surface area contributed by atoms with Crippen LogP contribution in [-0.4, -0.2) is 34.6 Å². The van der Waals surface area contributed by atoms with Crippen LogP contribution in [-0.2, 0) is 10.0 Å². The van der Waals surface area contributed by atoms with Gasteiger partial charge in [0.05, 0.1) is 31.1 Å². The molecule has 1 saturated heterocycles. The molecule has 2 atom stereocenters. The lowest BCUT2D eigenvalue weighted by Crippen LogP contribution is -3.15. The zero-order valence-electron chi connectivity index (χ0n) is 15.4. The molecule has 1 aliphatic heterocycles. The number of benzene rings is 1. The van der Waals surface area contributed by atoms with E-state index < -0.39 is 10.0 Å². The van der Waals surface area contributed by atoms with Crippen LogP contribution >= 0.6 is 0 Å². The van der Waals surface area contributed by atoms with Crippen LogP contribution < -0.4 is 22.0 Å². The first-order valence-corrected chi connectivity index (χ1v) is 10.1. The molecule has 1 heterocycles. The average molecular weight is 375 g/mol. The second-order valence-electron chi connectivity index (χ2n) is 7.48. The molecule has 2 rings (SSSR count). The first-order valence-electron chi connectivity index (χ1n) is 8.60. The molecule has 1 aromatic carbocycles. The Kier molecular flexibility index (Phi) is 7.73. The van der Waals surface area contributed by atoms with Crippen LogP contribution in [0.4, 0.5) is 0 Å². The first-order chi connectivity index (χ1) is 10.7. The molecule has 4 nitrogen and oxygen atoms in total. The van der Waals surface area contributed by atoms with Gasteiger partial charge in [-0.3, -0.25) is 0 Å². The van der Waals surface area contributed by atoms with Crippen molar-refractivity contribution >= 4 is 10.0 Å². The summed E-state index contributed by atoms with van der Waals surface area (Å²) in [4.78, 5) is 1.95. The van der Waals surface area contributed by atoms with Crippen LogP contribution in [0, 0.1) is 32.6 Å². The Hall–Kier alpha value is -0.620. The van der Waals surface area contributed by atoms with Crippen molar-refractivity contribution in [2.24, 2.45) is 11.8 Å². The summed E-state index contributed by atoms with van der Waals surface area (Å²) in [6, 6.07) is 3.86. The molecule has 0 saturated carbocycles. The fraction of sp³-hybridized carbons (Fsp3) is 0.667. The summed E-state index contributed by atoms with van der Waals surface area (Å²) in [6.07, 6.45) is 1.29. The van der Waals surface area contributed by atoms with Crippen LogP contribution in [0.2, 0.25) is 0 Å². The molecule has 6 heteroatoms. The van der Waals surface area contributed by atoms with E-state index in [0.717, 1.165) is 48.2 Å². The summed E-state index contributed by atoms with van der Waals surface area (Å²) in [6.45, 7) is 14.0. The zero-order valence-corrected chi connectivity index (χ0v) is 17.0. The molecular formula is C18H31ClN2O2S. The Labute approximate surface area is 153 Å². The monoisotopic (exact) mass is 374 g/mol. The number of sulfonamides is 1. The summed E-state index contributed by atoms with van der Waals surface area (Å²) >= 11 is 0. The van der Waals surface area contributed by atoms with Crippen LogP contribution in [0.3, 0.4) is 0 Å². The number of quaternary nitrogens is 1. The van der Waals surface area contributed by atoms with Gasteiger partial charge in [0, 0.05) is 11.8 Å². The highest BCUT2D eigenvalue weighted by molar-refractivity contribution is 7.89. The van der Waals surface area contributed by atoms with Gasteiger partial charge in [0.25, 0.3) is 0 Å². The number of rotatable bonds is 5. The number of hydrogen-bond donors (Lipinski definition) is 2. The molecule has 2 N–H and O–H groups in total. The zero-order chi connectivity index (χ0) is 17.2. The van der Waals surface area contributed by atoms with E-state index in [1.54, 1.807) is 0 Å². The maximum atomic E-state index is 12.6. The number of nitrogens with one attached hydrogen (secondary N) is 2. The molecule has 138 valence electrons. The predicted octanol–water partition coefficient (Wildman–Crippen LogP) is -1.55. The van der Waals surface area contributed by atoms with E-state index in [1.165, 1.54) is 11.3 Å². The minimum absolute atomic E-state index is 0. The highest BCUT2D eigenvalue weighted by Gasteiger charge is 2.25. The van der Waals surface area contributed by atoms with E-state index in [-0.39, 0.29) is 12.4 Å². The maximum Gasteiger partial charge on any atom is 0.241 e. The van der Waals surface area contributed by atoms with Gasteiger partial charge in [-0.25, -0.2) is 13.1 Å². The lowest BCUT2D eigenvalue weighted by Gasteiger charge is -2.32. The lowest BCUT2D eigenvalue weighted by molar-refractivity contribution is -0.910. The molecule has 1 aromatic rings. The molecule has 0 spiro atoms. The molecule has 0 bridgehead atoms. The summed E-state index contributed by atoms with van der Waals surface area (Å²) in [5, 5.41) is 0. The van der Waals surface area contributed by atoms with E-state index in [0.29, 0.717) is 11.4 Å². The summed E-state index contributed by atoms with van der Waals surface area (Å²) < 4.78 is 28.1. The number of likely N-dealkylation sites (tertiary alicyclic amines) is 1. The molecule has 2 unspecified atom stereocenters. The van der Waals surface area contributed by atoms with Crippen molar-refractivity contribution in [3.8, 4) is 0 Å². The van der Waals surface area contributed by atoms with Crippen molar-refractivity contribution in [2.45, 2.75) is 45.9 Å². The van der Waals surface area contributed by atoms with Gasteiger partial charge in [0.1, 0.15) is 0 Å². The van der Waals surface area contributed by atoms with Crippen LogP contribution in [0.15, 0.2) is 17.0 Å². The number of hydrogen-bond acceptors (Lipinski definition) is 2. The second kappa shape index (κ2) is 8.65. The number of halogens is 1. The average Bonchev–Trinajstić information content (AvgIpc) is 2.35. The first kappa shape index (κ1) is 21.4. The smallest absolute Gasteiger partial charge is 0.241 e. The number of aryl methyl sites for hydroxylation is 3. The fourth-order valence-electron chi connectivity index (χ4n) is 4.15. The molecule has 24 heavy (non-hydrogen) atoms. The van der Waals surface area contributed by atoms with E-state index in [2.05, 4.69) is 18.6 Å². The molecular weight excluding hydrogens is 344 g/mol. The predicted molar refractivity (Wildman–Crippen MR) is 94.4 cm³/mol. The second-order valence-corrected chi connectivity index (χ2v) is 9.18. The lowest BCUT2D eigenvalue weighted by atomic mass is 9.92. The highest BCUT2D eigenvalue weighted by Crippen LogP contribution is 2.21. The van der Waals surface area contributed by atoms with Crippen molar-refractivity contribution in [2.75, 3.05) is 26.2 Å². The molecule has 0 aliphatic carbocycles. The molecule has 0 radical (unpaired) electrons. The summed E-state index contributed by atoms with van der Waals surface area (Å²) in [5.41, 5.74) is 2.74. The van der Waals surface area contributed by atoms with Crippen molar-refractivity contribution in [3.05, 3.63) is 28.8 Å². The fourth-order valence-corrected chi connectivity index (χ4v) is 5.63. The minimum atomic E-state index is -3.43. The Balaban J connectivity index is 0.00000288. The molecule has 0 amide bonds. The van der Waals surface area contributed by atoms with Crippen molar-refractivity contribution < 1.29 is 25.7 Å². The van der Waals surface area contributed by atoms with Crippen molar-refractivity contribution in [1.29, 1.82) is 0 Å². The van der Waals surface area contributed by atoms with Crippen LogP contribution in [0.1, 0.15) is 37.0 Å². The molecule has 0 aromatic heterocycles. The maximum absolute atomic E-state index is 12.6. The summed E-state index contributed by atoms with van der Waals surface area (Å²) in [7, 11) is -3.43. The normalized spacial score (nSPS) is 24.5. The third kappa shape index (κ3) is 5.45. The van der Waals surface area contributed by atoms with E-state index in [1.807, 2.05) is 32.9 Å². The highest BCUT2D eigenvalue weighted by atomic mass is 35.5. The van der Waals surface area contributed by atoms with Gasteiger partial charge in [-0.05, 0) is 38.3 Å². The standard InChI is InChI=1S/C18H30N2O2S.ClH/c1-13-9-16(4)18(17(5)10-13)23(21,22)19-6-7-20-11-14(2)8-15(3)12-20;/h9-10,14-15,19H,6-8,11-12H2,1-5H3;1H. The molecule has 1 aliphatic rings. The SMILES string of the molecule is Cc1cc(C)c(S(=O)(=O)NCC[NH+]2CC(C)CC(C)C2)c(C)c1.[Cl-]. The Morgan fingerprint density at radius 3 is 2.08 bits per heavy atom. The van der Waals surface area contributed by atoms with Gasteiger partial charge in [0.2, 0.25) is 10.0 Å². The minimum Gasteiger partial charge on any atom is -1.00 e. The number of piperidine rings is 1. The third-order valence-corrected chi connectivity index (χ3v) is 6.49. The van der Waals surface area contributed by atoms with Gasteiger partial charge in [0.15, 0.2) is 0 Å². The van der Waals surface area contributed by atoms with Gasteiger partial charge in [-0.2, -0.15) is 0 Å². The van der Waals surface area contributed by atoms with Crippen LogP contribution in [0.5, 0.6) is 0 Å². The topological polar surface area (TPSA) is 50.6 Å². The quantitative estimate of drug-likeness (QED) is 0.656. The largest absolute Gasteiger partial charge is 1.00 e. The van der Waals surface area contributed by atoms with E-state index >= 15 is 0 Å². The van der Waals surface area contributed by atoms with E-state index in [4.69, 9.17) is 0 Å². The van der Waals surface area contributed by atoms with Gasteiger partial charge < -0.3 is 17.3 Å². The Morgan fingerprint density at radius 2 is 1.58 bits per heavy atom. The van der Waals surface area contributed by atoms with Crippen LogP contribution in [0.25, 0.3) is 0 Å². The summed E-state index contributed by atoms with van der Waals surface area (Å²) in [5.74, 6) is 1.46.